The molecule has 0 saturated carbocycles. The number of likely N-dealkylation sites (tertiary alicyclic amines) is 1. The maximum Gasteiger partial charge on any atom is 0.122 e. The van der Waals surface area contributed by atoms with Gasteiger partial charge in [0.05, 0.1) is 6.54 Å². The summed E-state index contributed by atoms with van der Waals surface area (Å²) >= 11 is 0. The molecule has 4 nitrogen and oxygen atoms in total. The van der Waals surface area contributed by atoms with Gasteiger partial charge in [-0.25, -0.2) is 4.98 Å². The summed E-state index contributed by atoms with van der Waals surface area (Å²) in [4.78, 5) is 6.93. The Labute approximate surface area is 104 Å². The smallest absolute Gasteiger partial charge is 0.122 e. The Balaban J connectivity index is 1.95. The SMILES string of the molecule is CCn1ccnc1CN1CCC(C)C(CN)C1. The van der Waals surface area contributed by atoms with Crippen molar-refractivity contribution >= 4 is 0 Å². The molecule has 0 radical (unpaired) electrons. The van der Waals surface area contributed by atoms with Crippen molar-refractivity contribution in [3.63, 3.8) is 0 Å². The predicted molar refractivity (Wildman–Crippen MR) is 69.5 cm³/mol. The molecule has 1 aromatic rings. The molecule has 17 heavy (non-hydrogen) atoms. The highest BCUT2D eigenvalue weighted by Gasteiger charge is 2.25. The second-order valence-electron chi connectivity index (χ2n) is 5.13. The number of piperidine rings is 1. The van der Waals surface area contributed by atoms with Gasteiger partial charge < -0.3 is 10.3 Å². The first-order valence-corrected chi connectivity index (χ1v) is 6.67. The van der Waals surface area contributed by atoms with E-state index in [0.717, 1.165) is 32.1 Å². The van der Waals surface area contributed by atoms with Crippen LogP contribution in [0, 0.1) is 11.8 Å². The predicted octanol–water partition coefficient (Wildman–Crippen LogP) is 1.32. The molecule has 0 aromatic carbocycles. The quantitative estimate of drug-likeness (QED) is 0.857. The lowest BCUT2D eigenvalue weighted by atomic mass is 9.87. The molecule has 1 aliphatic heterocycles. The fourth-order valence-corrected chi connectivity index (χ4v) is 2.65. The highest BCUT2D eigenvalue weighted by molar-refractivity contribution is 4.93. The van der Waals surface area contributed by atoms with Crippen LogP contribution in [0.25, 0.3) is 0 Å². The molecule has 1 fully saturated rings. The van der Waals surface area contributed by atoms with Crippen LogP contribution in [0.2, 0.25) is 0 Å². The van der Waals surface area contributed by atoms with E-state index in [0.29, 0.717) is 5.92 Å². The zero-order valence-corrected chi connectivity index (χ0v) is 11.0. The Hall–Kier alpha value is -0.870. The maximum atomic E-state index is 5.84. The van der Waals surface area contributed by atoms with Crippen LogP contribution in [0.3, 0.4) is 0 Å². The van der Waals surface area contributed by atoms with Crippen molar-refractivity contribution in [3.05, 3.63) is 18.2 Å². The molecular weight excluding hydrogens is 212 g/mol. The van der Waals surface area contributed by atoms with Gasteiger partial charge in [-0.2, -0.15) is 0 Å². The van der Waals surface area contributed by atoms with Crippen molar-refractivity contribution in [2.24, 2.45) is 17.6 Å². The van der Waals surface area contributed by atoms with E-state index in [1.54, 1.807) is 0 Å². The number of hydrogen-bond acceptors (Lipinski definition) is 3. The largest absolute Gasteiger partial charge is 0.334 e. The zero-order chi connectivity index (χ0) is 12.3. The Morgan fingerprint density at radius 3 is 3.06 bits per heavy atom. The first kappa shape index (κ1) is 12.6. The lowest BCUT2D eigenvalue weighted by Crippen LogP contribution is -2.42. The third kappa shape index (κ3) is 2.87. The van der Waals surface area contributed by atoms with E-state index in [4.69, 9.17) is 5.73 Å². The Morgan fingerprint density at radius 2 is 2.35 bits per heavy atom. The van der Waals surface area contributed by atoms with Gasteiger partial charge in [-0.15, -0.1) is 0 Å². The van der Waals surface area contributed by atoms with Gasteiger partial charge in [0.15, 0.2) is 0 Å². The van der Waals surface area contributed by atoms with Gasteiger partial charge in [0.2, 0.25) is 0 Å². The first-order valence-electron chi connectivity index (χ1n) is 6.67. The number of nitrogens with zero attached hydrogens (tertiary/aromatic N) is 3. The summed E-state index contributed by atoms with van der Waals surface area (Å²) in [6.45, 7) is 9.54. The monoisotopic (exact) mass is 236 g/mol. The fraction of sp³-hybridized carbons (Fsp3) is 0.769. The molecule has 96 valence electrons. The van der Waals surface area contributed by atoms with E-state index < -0.39 is 0 Å². The molecule has 4 heteroatoms. The number of rotatable bonds is 4. The lowest BCUT2D eigenvalue weighted by Gasteiger charge is -2.36. The second-order valence-corrected chi connectivity index (χ2v) is 5.13. The average Bonchev–Trinajstić information content (AvgIpc) is 2.79. The number of aryl methyl sites for hydroxylation is 1. The van der Waals surface area contributed by atoms with E-state index in [1.807, 2.05) is 6.20 Å². The van der Waals surface area contributed by atoms with E-state index in [9.17, 15) is 0 Å². The van der Waals surface area contributed by atoms with Crippen molar-refractivity contribution in [2.45, 2.75) is 33.4 Å². The molecule has 0 bridgehead atoms. The van der Waals surface area contributed by atoms with E-state index >= 15 is 0 Å². The van der Waals surface area contributed by atoms with Crippen molar-refractivity contribution in [3.8, 4) is 0 Å². The van der Waals surface area contributed by atoms with E-state index in [-0.39, 0.29) is 0 Å². The summed E-state index contributed by atoms with van der Waals surface area (Å²) in [5.41, 5.74) is 5.84. The van der Waals surface area contributed by atoms with Gasteiger partial charge in [0, 0.05) is 25.5 Å². The van der Waals surface area contributed by atoms with E-state index in [1.165, 1.54) is 18.8 Å². The molecule has 2 atom stereocenters. The van der Waals surface area contributed by atoms with Crippen molar-refractivity contribution in [1.82, 2.24) is 14.5 Å². The molecule has 1 saturated heterocycles. The van der Waals surface area contributed by atoms with Crippen molar-refractivity contribution in [2.75, 3.05) is 19.6 Å². The maximum absolute atomic E-state index is 5.84. The zero-order valence-electron chi connectivity index (χ0n) is 11.0. The van der Waals surface area contributed by atoms with Gasteiger partial charge in [0.25, 0.3) is 0 Å². The van der Waals surface area contributed by atoms with Crippen LogP contribution in [0.15, 0.2) is 12.4 Å². The molecule has 0 spiro atoms. The van der Waals surface area contributed by atoms with Crippen molar-refractivity contribution < 1.29 is 0 Å². The molecule has 2 rings (SSSR count). The van der Waals surface area contributed by atoms with Crippen LogP contribution in [-0.4, -0.2) is 34.1 Å². The minimum absolute atomic E-state index is 0.647. The Morgan fingerprint density at radius 1 is 1.53 bits per heavy atom. The van der Waals surface area contributed by atoms with Crippen LogP contribution >= 0.6 is 0 Å². The summed E-state index contributed by atoms with van der Waals surface area (Å²) in [5, 5.41) is 0. The van der Waals surface area contributed by atoms with Gasteiger partial charge in [-0.05, 0) is 38.3 Å². The van der Waals surface area contributed by atoms with Gasteiger partial charge in [-0.1, -0.05) is 6.92 Å². The number of imidazole rings is 1. The third-order valence-electron chi connectivity index (χ3n) is 4.01. The number of hydrogen-bond donors (Lipinski definition) is 1. The lowest BCUT2D eigenvalue weighted by molar-refractivity contribution is 0.122. The first-order chi connectivity index (χ1) is 8.24. The topological polar surface area (TPSA) is 47.1 Å². The Bertz CT molecular complexity index is 347. The van der Waals surface area contributed by atoms with Crippen LogP contribution < -0.4 is 5.73 Å². The number of aromatic nitrogens is 2. The normalized spacial score (nSPS) is 26.3. The van der Waals surface area contributed by atoms with Gasteiger partial charge in [0.1, 0.15) is 5.82 Å². The van der Waals surface area contributed by atoms with Gasteiger partial charge >= 0.3 is 0 Å². The average molecular weight is 236 g/mol. The highest BCUT2D eigenvalue weighted by Crippen LogP contribution is 2.23. The molecule has 2 unspecified atom stereocenters. The third-order valence-corrected chi connectivity index (χ3v) is 4.01. The molecule has 0 aliphatic carbocycles. The molecule has 0 amide bonds. The van der Waals surface area contributed by atoms with E-state index in [2.05, 4.69) is 34.5 Å². The van der Waals surface area contributed by atoms with Crippen LogP contribution in [0.5, 0.6) is 0 Å². The standard InChI is InChI=1S/C13H24N4/c1-3-17-7-5-15-13(17)10-16-6-4-11(2)12(8-14)9-16/h5,7,11-12H,3-4,6,8-10,14H2,1-2H3. The minimum Gasteiger partial charge on any atom is -0.334 e. The summed E-state index contributed by atoms with van der Waals surface area (Å²) in [6.07, 6.45) is 5.21. The molecule has 1 aliphatic rings. The Kier molecular flexibility index (Phi) is 4.18. The molecular formula is C13H24N4. The summed E-state index contributed by atoms with van der Waals surface area (Å²) < 4.78 is 2.22. The fourth-order valence-electron chi connectivity index (χ4n) is 2.65. The van der Waals surface area contributed by atoms with Crippen molar-refractivity contribution in [1.29, 1.82) is 0 Å². The molecule has 1 aromatic heterocycles. The van der Waals surface area contributed by atoms with Crippen LogP contribution in [0.1, 0.15) is 26.1 Å². The van der Waals surface area contributed by atoms with Crippen LogP contribution in [0.4, 0.5) is 0 Å². The summed E-state index contributed by atoms with van der Waals surface area (Å²) in [6, 6.07) is 0. The summed E-state index contributed by atoms with van der Waals surface area (Å²) in [7, 11) is 0. The van der Waals surface area contributed by atoms with Crippen LogP contribution in [-0.2, 0) is 13.1 Å². The minimum atomic E-state index is 0.647. The molecule has 2 heterocycles. The number of nitrogens with two attached hydrogens (primary N) is 1. The summed E-state index contributed by atoms with van der Waals surface area (Å²) in [5.74, 6) is 2.59. The second kappa shape index (κ2) is 5.65. The van der Waals surface area contributed by atoms with Gasteiger partial charge in [-0.3, -0.25) is 4.90 Å². The highest BCUT2D eigenvalue weighted by atomic mass is 15.2. The molecule has 2 N–H and O–H groups in total.